The fourth-order valence-electron chi connectivity index (χ4n) is 3.94. The Hall–Kier alpha value is -3.22. The molecule has 0 amide bonds. The van der Waals surface area contributed by atoms with Crippen LogP contribution in [0, 0.1) is 0 Å². The van der Waals surface area contributed by atoms with Crippen molar-refractivity contribution in [2.75, 3.05) is 47.4 Å². The molecule has 7 heteroatoms. The molecule has 0 bridgehead atoms. The van der Waals surface area contributed by atoms with Crippen LogP contribution < -0.4 is 14.7 Å². The third kappa shape index (κ3) is 3.35. The van der Waals surface area contributed by atoms with Crippen LogP contribution in [-0.2, 0) is 13.0 Å². The third-order valence-electron chi connectivity index (χ3n) is 5.53. The molecule has 0 spiro atoms. The largest absolute Gasteiger partial charge is 0.353 e. The fraction of sp³-hybridized carbons (Fsp3) is 0.333. The van der Waals surface area contributed by atoms with Crippen molar-refractivity contribution in [1.29, 1.82) is 0 Å². The molecule has 3 aromatic rings. The summed E-state index contributed by atoms with van der Waals surface area (Å²) in [5.41, 5.74) is 2.81. The molecule has 2 aromatic heterocycles. The van der Waals surface area contributed by atoms with Gasteiger partial charge in [-0.25, -0.2) is 4.98 Å². The van der Waals surface area contributed by atoms with Crippen LogP contribution >= 0.6 is 0 Å². The molecule has 1 saturated heterocycles. The second-order valence-electron chi connectivity index (χ2n) is 7.22. The monoisotopic (exact) mass is 373 g/mol. The number of piperazine rings is 1. The Kier molecular flexibility index (Phi) is 4.48. The summed E-state index contributed by atoms with van der Waals surface area (Å²) >= 11 is 0. The first-order valence-electron chi connectivity index (χ1n) is 9.79. The predicted octanol–water partition coefficient (Wildman–Crippen LogP) is 2.16. The van der Waals surface area contributed by atoms with E-state index in [9.17, 15) is 0 Å². The Morgan fingerprint density at radius 2 is 1.50 bits per heavy atom. The fourth-order valence-corrected chi connectivity index (χ4v) is 3.94. The zero-order valence-electron chi connectivity index (χ0n) is 15.8. The molecule has 0 unspecified atom stereocenters. The Morgan fingerprint density at radius 1 is 0.714 bits per heavy atom. The summed E-state index contributed by atoms with van der Waals surface area (Å²) in [6.45, 7) is 5.38. The molecule has 0 radical (unpaired) electrons. The van der Waals surface area contributed by atoms with Crippen molar-refractivity contribution < 1.29 is 0 Å². The van der Waals surface area contributed by atoms with E-state index in [4.69, 9.17) is 4.98 Å². The minimum atomic E-state index is 0.719. The Bertz CT molecular complexity index is 938. The van der Waals surface area contributed by atoms with Crippen molar-refractivity contribution in [1.82, 2.24) is 20.2 Å². The van der Waals surface area contributed by atoms with Crippen LogP contribution in [0.25, 0.3) is 0 Å². The molecule has 1 aromatic carbocycles. The van der Waals surface area contributed by atoms with E-state index in [2.05, 4.69) is 60.2 Å². The van der Waals surface area contributed by atoms with E-state index in [0.29, 0.717) is 0 Å². The van der Waals surface area contributed by atoms with Gasteiger partial charge in [0.15, 0.2) is 5.82 Å². The lowest BCUT2D eigenvalue weighted by molar-refractivity contribution is 0.626. The topological polar surface area (TPSA) is 61.3 Å². The number of benzene rings is 1. The van der Waals surface area contributed by atoms with Gasteiger partial charge in [-0.3, -0.25) is 0 Å². The highest BCUT2D eigenvalue weighted by Crippen LogP contribution is 2.24. The van der Waals surface area contributed by atoms with Crippen LogP contribution in [0.5, 0.6) is 0 Å². The maximum absolute atomic E-state index is 4.83. The molecule has 4 heterocycles. The summed E-state index contributed by atoms with van der Waals surface area (Å²) in [5.74, 6) is 2.66. The van der Waals surface area contributed by atoms with Crippen molar-refractivity contribution in [2.45, 2.75) is 13.0 Å². The zero-order valence-corrected chi connectivity index (χ0v) is 15.8. The molecular formula is C21H23N7. The Labute approximate surface area is 164 Å². The number of anilines is 3. The second-order valence-corrected chi connectivity index (χ2v) is 7.22. The summed E-state index contributed by atoms with van der Waals surface area (Å²) in [5, 5.41) is 8.55. The van der Waals surface area contributed by atoms with Crippen LogP contribution in [0.1, 0.15) is 11.1 Å². The molecule has 28 heavy (non-hydrogen) atoms. The number of hydrogen-bond donors (Lipinski definition) is 0. The van der Waals surface area contributed by atoms with Crippen molar-refractivity contribution in [3.8, 4) is 0 Å². The number of rotatable bonds is 3. The van der Waals surface area contributed by atoms with Gasteiger partial charge in [-0.05, 0) is 29.7 Å². The van der Waals surface area contributed by atoms with E-state index in [0.717, 1.165) is 63.3 Å². The molecule has 0 aliphatic carbocycles. The van der Waals surface area contributed by atoms with Crippen LogP contribution in [0.4, 0.5) is 17.6 Å². The lowest BCUT2D eigenvalue weighted by atomic mass is 10.0. The molecule has 0 saturated carbocycles. The van der Waals surface area contributed by atoms with Crippen molar-refractivity contribution in [3.63, 3.8) is 0 Å². The number of nitrogens with zero attached hydrogens (tertiary/aromatic N) is 7. The van der Waals surface area contributed by atoms with Gasteiger partial charge in [0.2, 0.25) is 5.95 Å². The predicted molar refractivity (Wildman–Crippen MR) is 110 cm³/mol. The minimum absolute atomic E-state index is 0.719. The van der Waals surface area contributed by atoms with Crippen molar-refractivity contribution in [2.24, 2.45) is 0 Å². The minimum Gasteiger partial charge on any atom is -0.353 e. The summed E-state index contributed by atoms with van der Waals surface area (Å²) in [7, 11) is 0. The zero-order chi connectivity index (χ0) is 18.8. The van der Waals surface area contributed by atoms with Gasteiger partial charge < -0.3 is 14.7 Å². The molecule has 1 fully saturated rings. The van der Waals surface area contributed by atoms with Crippen molar-refractivity contribution >= 4 is 17.6 Å². The van der Waals surface area contributed by atoms with E-state index in [-0.39, 0.29) is 0 Å². The normalized spacial score (nSPS) is 16.8. The average Bonchev–Trinajstić information content (AvgIpc) is 2.79. The van der Waals surface area contributed by atoms with Gasteiger partial charge in [0.05, 0.1) is 6.20 Å². The highest BCUT2D eigenvalue weighted by atomic mass is 15.4. The molecule has 2 aliphatic rings. The van der Waals surface area contributed by atoms with E-state index in [1.807, 2.05) is 18.3 Å². The van der Waals surface area contributed by atoms with Crippen LogP contribution in [-0.4, -0.2) is 52.9 Å². The molecule has 2 aliphatic heterocycles. The summed E-state index contributed by atoms with van der Waals surface area (Å²) in [4.78, 5) is 16.1. The van der Waals surface area contributed by atoms with Gasteiger partial charge in [-0.2, -0.15) is 10.1 Å². The van der Waals surface area contributed by atoms with Gasteiger partial charge in [-0.1, -0.05) is 30.3 Å². The molecule has 0 atom stereocenters. The number of pyridine rings is 1. The van der Waals surface area contributed by atoms with Gasteiger partial charge in [0.25, 0.3) is 0 Å². The number of aromatic nitrogens is 4. The average molecular weight is 373 g/mol. The first-order valence-corrected chi connectivity index (χ1v) is 9.79. The molecule has 5 rings (SSSR count). The standard InChI is InChI=1S/C21H23N7/c1-2-6-18-16-28(10-8-17(18)5-1)20-15-23-25-21(24-20)27-13-11-26(12-14-27)19-7-3-4-9-22-19/h1-7,9,15H,8,10-14,16H2. The van der Waals surface area contributed by atoms with Gasteiger partial charge >= 0.3 is 0 Å². The van der Waals surface area contributed by atoms with Crippen LogP contribution in [0.2, 0.25) is 0 Å². The maximum atomic E-state index is 4.83. The summed E-state index contributed by atoms with van der Waals surface area (Å²) in [6, 6.07) is 14.7. The summed E-state index contributed by atoms with van der Waals surface area (Å²) in [6.07, 6.45) is 4.66. The maximum Gasteiger partial charge on any atom is 0.247 e. The SMILES string of the molecule is c1ccc(N2CCN(c3nncc(N4CCc5ccccc5C4)n3)CC2)nc1. The highest BCUT2D eigenvalue weighted by molar-refractivity contribution is 5.47. The molecule has 7 nitrogen and oxygen atoms in total. The molecule has 142 valence electrons. The van der Waals surface area contributed by atoms with E-state index >= 15 is 0 Å². The lowest BCUT2D eigenvalue weighted by Gasteiger charge is -2.35. The molecule has 0 N–H and O–H groups in total. The number of fused-ring (bicyclic) bond motifs is 1. The third-order valence-corrected chi connectivity index (χ3v) is 5.53. The Morgan fingerprint density at radius 3 is 2.32 bits per heavy atom. The lowest BCUT2D eigenvalue weighted by Crippen LogP contribution is -2.47. The second kappa shape index (κ2) is 7.42. The Balaban J connectivity index is 1.28. The van der Waals surface area contributed by atoms with Gasteiger partial charge in [0.1, 0.15) is 5.82 Å². The van der Waals surface area contributed by atoms with Crippen LogP contribution in [0.15, 0.2) is 54.9 Å². The molecular weight excluding hydrogens is 350 g/mol. The van der Waals surface area contributed by atoms with Crippen molar-refractivity contribution in [3.05, 3.63) is 66.0 Å². The summed E-state index contributed by atoms with van der Waals surface area (Å²) < 4.78 is 0. The first-order chi connectivity index (χ1) is 13.9. The first kappa shape index (κ1) is 16.9. The van der Waals surface area contributed by atoms with Gasteiger partial charge in [-0.15, -0.1) is 5.10 Å². The van der Waals surface area contributed by atoms with E-state index < -0.39 is 0 Å². The number of hydrogen-bond acceptors (Lipinski definition) is 7. The quantitative estimate of drug-likeness (QED) is 0.697. The van der Waals surface area contributed by atoms with Gasteiger partial charge in [0, 0.05) is 45.5 Å². The van der Waals surface area contributed by atoms with E-state index in [1.54, 1.807) is 6.20 Å². The highest BCUT2D eigenvalue weighted by Gasteiger charge is 2.22. The van der Waals surface area contributed by atoms with Crippen LogP contribution in [0.3, 0.4) is 0 Å². The van der Waals surface area contributed by atoms with E-state index in [1.165, 1.54) is 11.1 Å². The smallest absolute Gasteiger partial charge is 0.247 e.